The van der Waals surface area contributed by atoms with Gasteiger partial charge in [0.2, 0.25) is 11.8 Å². The van der Waals surface area contributed by atoms with Crippen molar-refractivity contribution in [2.75, 3.05) is 17.2 Å². The van der Waals surface area contributed by atoms with Crippen molar-refractivity contribution in [3.8, 4) is 6.07 Å². The average molecular weight is 337 g/mol. The van der Waals surface area contributed by atoms with Gasteiger partial charge in [-0.25, -0.2) is 0 Å². The topological polar surface area (TPSA) is 94.0 Å². The van der Waals surface area contributed by atoms with Crippen LogP contribution in [0.4, 0.5) is 11.4 Å². The van der Waals surface area contributed by atoms with Gasteiger partial charge in [-0.3, -0.25) is 9.59 Å². The summed E-state index contributed by atoms with van der Waals surface area (Å²) in [5.41, 5.74) is 0.126. The Bertz CT molecular complexity index is 639. The highest BCUT2D eigenvalue weighted by Crippen LogP contribution is 2.25. The Morgan fingerprint density at radius 3 is 2.52 bits per heavy atom. The zero-order valence-electron chi connectivity index (χ0n) is 13.7. The molecule has 0 aliphatic heterocycles. The van der Waals surface area contributed by atoms with Crippen molar-refractivity contribution in [2.45, 2.75) is 33.2 Å². The number of carbonyl (C=O) groups is 2. The molecular formula is C16H21ClN4O2. The van der Waals surface area contributed by atoms with Crippen molar-refractivity contribution in [3.05, 3.63) is 23.2 Å². The summed E-state index contributed by atoms with van der Waals surface area (Å²) in [5.74, 6) is -0.578. The molecule has 3 N–H and O–H groups in total. The number of halogens is 1. The lowest BCUT2D eigenvalue weighted by molar-refractivity contribution is -0.121. The van der Waals surface area contributed by atoms with Gasteiger partial charge in [-0.1, -0.05) is 25.4 Å². The predicted molar refractivity (Wildman–Crippen MR) is 91.2 cm³/mol. The van der Waals surface area contributed by atoms with Crippen molar-refractivity contribution in [1.29, 1.82) is 5.26 Å². The van der Waals surface area contributed by atoms with Gasteiger partial charge in [0.15, 0.2) is 0 Å². The number of rotatable bonds is 6. The minimum Gasteiger partial charge on any atom is -0.374 e. The summed E-state index contributed by atoms with van der Waals surface area (Å²) in [6.45, 7) is 6.76. The third-order valence-corrected chi connectivity index (χ3v) is 3.75. The fourth-order valence-electron chi connectivity index (χ4n) is 1.77. The van der Waals surface area contributed by atoms with E-state index in [-0.39, 0.29) is 24.3 Å². The maximum atomic E-state index is 12.1. The largest absolute Gasteiger partial charge is 0.374 e. The predicted octanol–water partition coefficient (Wildman–Crippen LogP) is 2.76. The van der Waals surface area contributed by atoms with Crippen molar-refractivity contribution in [2.24, 2.45) is 5.92 Å². The van der Waals surface area contributed by atoms with Crippen molar-refractivity contribution >= 4 is 34.8 Å². The lowest BCUT2D eigenvalue weighted by Gasteiger charge is -2.27. The van der Waals surface area contributed by atoms with Crippen LogP contribution in [0.5, 0.6) is 0 Å². The SMILES string of the molecule is CC(=O)Nc1ccc(Cl)cc1NCC(=O)NC(C)(C#N)C(C)C. The van der Waals surface area contributed by atoms with E-state index in [0.717, 1.165) is 0 Å². The van der Waals surface area contributed by atoms with E-state index in [1.807, 2.05) is 13.8 Å². The normalized spacial score (nSPS) is 12.9. The first-order valence-electron chi connectivity index (χ1n) is 7.21. The minimum absolute atomic E-state index is 0.0300. The van der Waals surface area contributed by atoms with Crippen molar-refractivity contribution < 1.29 is 9.59 Å². The van der Waals surface area contributed by atoms with Gasteiger partial charge < -0.3 is 16.0 Å². The molecule has 1 atom stereocenters. The van der Waals surface area contributed by atoms with Gasteiger partial charge in [0.05, 0.1) is 24.0 Å². The first-order valence-corrected chi connectivity index (χ1v) is 7.59. The number of hydrogen-bond donors (Lipinski definition) is 3. The number of anilines is 2. The van der Waals surface area contributed by atoms with E-state index in [9.17, 15) is 14.9 Å². The van der Waals surface area contributed by atoms with Gasteiger partial charge in [-0.15, -0.1) is 0 Å². The van der Waals surface area contributed by atoms with Crippen LogP contribution in [0.1, 0.15) is 27.7 Å². The fourth-order valence-corrected chi connectivity index (χ4v) is 1.94. The van der Waals surface area contributed by atoms with Gasteiger partial charge in [-0.05, 0) is 31.0 Å². The van der Waals surface area contributed by atoms with Crippen LogP contribution in [0.15, 0.2) is 18.2 Å². The van der Waals surface area contributed by atoms with Gasteiger partial charge in [0.25, 0.3) is 0 Å². The van der Waals surface area contributed by atoms with Crippen LogP contribution >= 0.6 is 11.6 Å². The zero-order chi connectivity index (χ0) is 17.6. The smallest absolute Gasteiger partial charge is 0.240 e. The first kappa shape index (κ1) is 18.8. The highest BCUT2D eigenvalue weighted by Gasteiger charge is 2.29. The number of benzene rings is 1. The summed E-state index contributed by atoms with van der Waals surface area (Å²) >= 11 is 5.94. The van der Waals surface area contributed by atoms with Crippen LogP contribution in [0.2, 0.25) is 5.02 Å². The molecule has 7 heteroatoms. The van der Waals surface area contributed by atoms with Gasteiger partial charge >= 0.3 is 0 Å². The summed E-state index contributed by atoms with van der Waals surface area (Å²) in [6.07, 6.45) is 0. The number of amides is 2. The van der Waals surface area contributed by atoms with Crippen LogP contribution in [-0.4, -0.2) is 23.9 Å². The highest BCUT2D eigenvalue weighted by molar-refractivity contribution is 6.31. The number of carbonyl (C=O) groups excluding carboxylic acids is 2. The molecule has 1 aromatic rings. The number of nitrogens with zero attached hydrogens (tertiary/aromatic N) is 1. The Morgan fingerprint density at radius 1 is 1.35 bits per heavy atom. The summed E-state index contributed by atoms with van der Waals surface area (Å²) < 4.78 is 0. The Kier molecular flexibility index (Phi) is 6.40. The standard InChI is InChI=1S/C16H21ClN4O2/c1-10(2)16(4,9-18)21-15(23)8-19-14-7-12(17)5-6-13(14)20-11(3)22/h5-7,10,19H,8H2,1-4H3,(H,20,22)(H,21,23). The molecule has 0 saturated heterocycles. The van der Waals surface area contributed by atoms with Crippen LogP contribution in [0.3, 0.4) is 0 Å². The molecule has 1 rings (SSSR count). The van der Waals surface area contributed by atoms with E-state index in [2.05, 4.69) is 22.0 Å². The summed E-state index contributed by atoms with van der Waals surface area (Å²) in [5, 5.41) is 18.0. The second-order valence-corrected chi connectivity index (χ2v) is 6.18. The molecule has 2 amide bonds. The second kappa shape index (κ2) is 7.84. The molecule has 1 unspecified atom stereocenters. The van der Waals surface area contributed by atoms with E-state index in [1.165, 1.54) is 6.92 Å². The molecule has 0 fully saturated rings. The molecule has 0 spiro atoms. The molecule has 1 aromatic carbocycles. The third kappa shape index (κ3) is 5.46. The Labute approximate surface area is 141 Å². The van der Waals surface area contributed by atoms with Crippen molar-refractivity contribution in [3.63, 3.8) is 0 Å². The number of hydrogen-bond acceptors (Lipinski definition) is 4. The third-order valence-electron chi connectivity index (χ3n) is 3.52. The summed E-state index contributed by atoms with van der Waals surface area (Å²) in [6, 6.07) is 7.03. The molecule has 0 bridgehead atoms. The van der Waals surface area contributed by atoms with E-state index >= 15 is 0 Å². The average Bonchev–Trinajstić information content (AvgIpc) is 2.46. The van der Waals surface area contributed by atoms with Gasteiger partial charge in [0.1, 0.15) is 5.54 Å². The molecule has 0 saturated carbocycles. The Balaban J connectivity index is 2.78. The first-order chi connectivity index (χ1) is 10.7. The maximum absolute atomic E-state index is 12.1. The van der Waals surface area contributed by atoms with E-state index in [4.69, 9.17) is 11.6 Å². The van der Waals surface area contributed by atoms with E-state index in [1.54, 1.807) is 25.1 Å². The minimum atomic E-state index is -0.937. The molecular weight excluding hydrogens is 316 g/mol. The van der Waals surface area contributed by atoms with E-state index < -0.39 is 5.54 Å². The van der Waals surface area contributed by atoms with Crippen LogP contribution in [-0.2, 0) is 9.59 Å². The monoisotopic (exact) mass is 336 g/mol. The second-order valence-electron chi connectivity index (χ2n) is 5.74. The lowest BCUT2D eigenvalue weighted by atomic mass is 9.90. The quantitative estimate of drug-likeness (QED) is 0.744. The molecule has 0 radical (unpaired) electrons. The molecule has 0 aliphatic carbocycles. The Morgan fingerprint density at radius 2 is 2.00 bits per heavy atom. The van der Waals surface area contributed by atoms with Gasteiger partial charge in [0, 0.05) is 11.9 Å². The molecule has 0 aliphatic rings. The molecule has 0 aromatic heterocycles. The fraction of sp³-hybridized carbons (Fsp3) is 0.438. The molecule has 6 nitrogen and oxygen atoms in total. The number of nitriles is 1. The molecule has 23 heavy (non-hydrogen) atoms. The maximum Gasteiger partial charge on any atom is 0.240 e. The summed E-state index contributed by atoms with van der Waals surface area (Å²) in [7, 11) is 0. The Hall–Kier alpha value is -2.26. The molecule has 124 valence electrons. The van der Waals surface area contributed by atoms with Crippen LogP contribution in [0, 0.1) is 17.2 Å². The zero-order valence-corrected chi connectivity index (χ0v) is 14.4. The number of nitrogens with one attached hydrogen (secondary N) is 3. The summed E-state index contributed by atoms with van der Waals surface area (Å²) in [4.78, 5) is 23.3. The van der Waals surface area contributed by atoms with E-state index in [0.29, 0.717) is 16.4 Å². The van der Waals surface area contributed by atoms with Crippen molar-refractivity contribution in [1.82, 2.24) is 5.32 Å². The van der Waals surface area contributed by atoms with Crippen LogP contribution in [0.25, 0.3) is 0 Å². The highest BCUT2D eigenvalue weighted by atomic mass is 35.5. The van der Waals surface area contributed by atoms with Gasteiger partial charge in [-0.2, -0.15) is 5.26 Å². The molecule has 0 heterocycles. The van der Waals surface area contributed by atoms with Crippen LogP contribution < -0.4 is 16.0 Å². The lowest BCUT2D eigenvalue weighted by Crippen LogP contribution is -2.50.